The summed E-state index contributed by atoms with van der Waals surface area (Å²) >= 11 is 5.63. The fraction of sp³-hybridized carbons (Fsp3) is 1.00. The van der Waals surface area contributed by atoms with Gasteiger partial charge in [-0.25, -0.2) is 0 Å². The standard InChI is InChI=1S/C10H22ClNO/c1-4-12(8-6-5-7-11)10(2)9-13-3/h10H,4-9H2,1-3H3. The van der Waals surface area contributed by atoms with Crippen LogP contribution in [0.3, 0.4) is 0 Å². The van der Waals surface area contributed by atoms with Crippen LogP contribution in [0.2, 0.25) is 0 Å². The molecular formula is C10H22ClNO. The average molecular weight is 208 g/mol. The van der Waals surface area contributed by atoms with Gasteiger partial charge in [0.15, 0.2) is 0 Å². The predicted molar refractivity (Wildman–Crippen MR) is 58.5 cm³/mol. The molecule has 0 bridgehead atoms. The van der Waals surface area contributed by atoms with Gasteiger partial charge in [0.05, 0.1) is 6.61 Å². The minimum atomic E-state index is 0.519. The fourth-order valence-corrected chi connectivity index (χ4v) is 1.64. The van der Waals surface area contributed by atoms with Gasteiger partial charge in [0.25, 0.3) is 0 Å². The van der Waals surface area contributed by atoms with E-state index in [2.05, 4.69) is 18.7 Å². The van der Waals surface area contributed by atoms with E-state index in [1.54, 1.807) is 7.11 Å². The normalized spacial score (nSPS) is 13.6. The first-order valence-electron chi connectivity index (χ1n) is 5.05. The van der Waals surface area contributed by atoms with Crippen LogP contribution in [0.15, 0.2) is 0 Å². The van der Waals surface area contributed by atoms with E-state index in [0.29, 0.717) is 6.04 Å². The van der Waals surface area contributed by atoms with Crippen LogP contribution < -0.4 is 0 Å². The molecule has 13 heavy (non-hydrogen) atoms. The SMILES string of the molecule is CCN(CCCCCl)C(C)COC. The Hall–Kier alpha value is 0.210. The lowest BCUT2D eigenvalue weighted by atomic mass is 10.2. The average Bonchev–Trinajstić information content (AvgIpc) is 2.13. The van der Waals surface area contributed by atoms with Crippen molar-refractivity contribution in [2.45, 2.75) is 32.7 Å². The number of nitrogens with zero attached hydrogens (tertiary/aromatic N) is 1. The molecule has 0 rings (SSSR count). The third-order valence-corrected chi connectivity index (χ3v) is 2.53. The molecular weight excluding hydrogens is 186 g/mol. The molecule has 0 aliphatic carbocycles. The van der Waals surface area contributed by atoms with Gasteiger partial charge in [-0.3, -0.25) is 4.90 Å². The van der Waals surface area contributed by atoms with E-state index in [1.165, 1.54) is 6.42 Å². The lowest BCUT2D eigenvalue weighted by molar-refractivity contribution is 0.102. The van der Waals surface area contributed by atoms with E-state index in [0.717, 1.165) is 32.0 Å². The van der Waals surface area contributed by atoms with Crippen molar-refractivity contribution in [3.05, 3.63) is 0 Å². The molecule has 0 aromatic carbocycles. The van der Waals surface area contributed by atoms with Gasteiger partial charge >= 0.3 is 0 Å². The Morgan fingerprint density at radius 3 is 2.54 bits per heavy atom. The molecule has 1 atom stereocenters. The molecule has 80 valence electrons. The zero-order valence-electron chi connectivity index (χ0n) is 9.05. The Labute approximate surface area is 87.2 Å². The smallest absolute Gasteiger partial charge is 0.0615 e. The largest absolute Gasteiger partial charge is 0.383 e. The molecule has 0 saturated carbocycles. The van der Waals surface area contributed by atoms with Crippen molar-refractivity contribution in [1.29, 1.82) is 0 Å². The highest BCUT2D eigenvalue weighted by Crippen LogP contribution is 2.02. The fourth-order valence-electron chi connectivity index (χ4n) is 1.45. The lowest BCUT2D eigenvalue weighted by Crippen LogP contribution is -2.36. The van der Waals surface area contributed by atoms with Crippen LogP contribution in [0.25, 0.3) is 0 Å². The quantitative estimate of drug-likeness (QED) is 0.448. The van der Waals surface area contributed by atoms with Gasteiger partial charge in [0.1, 0.15) is 0 Å². The highest BCUT2D eigenvalue weighted by atomic mass is 35.5. The second kappa shape index (κ2) is 8.79. The van der Waals surface area contributed by atoms with Crippen molar-refractivity contribution < 1.29 is 4.74 Å². The summed E-state index contributed by atoms with van der Waals surface area (Å²) in [5, 5.41) is 0. The minimum absolute atomic E-state index is 0.519. The Morgan fingerprint density at radius 1 is 1.38 bits per heavy atom. The summed E-state index contributed by atoms with van der Waals surface area (Å²) in [5.74, 6) is 0.774. The van der Waals surface area contributed by atoms with E-state index in [4.69, 9.17) is 16.3 Å². The highest BCUT2D eigenvalue weighted by molar-refractivity contribution is 6.17. The molecule has 2 nitrogen and oxygen atoms in total. The maximum absolute atomic E-state index is 5.63. The Bertz CT molecular complexity index is 111. The molecule has 0 radical (unpaired) electrons. The molecule has 3 heteroatoms. The molecule has 0 N–H and O–H groups in total. The van der Waals surface area contributed by atoms with Gasteiger partial charge in [-0.05, 0) is 32.9 Å². The van der Waals surface area contributed by atoms with Crippen LogP contribution in [0, 0.1) is 0 Å². The molecule has 0 spiro atoms. The van der Waals surface area contributed by atoms with Crippen molar-refractivity contribution >= 4 is 11.6 Å². The number of ether oxygens (including phenoxy) is 1. The van der Waals surface area contributed by atoms with Crippen LogP contribution in [0.1, 0.15) is 26.7 Å². The third-order valence-electron chi connectivity index (χ3n) is 2.27. The topological polar surface area (TPSA) is 12.5 Å². The molecule has 1 unspecified atom stereocenters. The number of halogens is 1. The number of hydrogen-bond donors (Lipinski definition) is 0. The summed E-state index contributed by atoms with van der Waals surface area (Å²) in [6, 6.07) is 0.519. The Morgan fingerprint density at radius 2 is 2.08 bits per heavy atom. The highest BCUT2D eigenvalue weighted by Gasteiger charge is 2.10. The second-order valence-corrected chi connectivity index (χ2v) is 3.71. The van der Waals surface area contributed by atoms with Crippen LogP contribution in [0.4, 0.5) is 0 Å². The summed E-state index contributed by atoms with van der Waals surface area (Å²) in [6.07, 6.45) is 2.29. The number of hydrogen-bond acceptors (Lipinski definition) is 2. The maximum Gasteiger partial charge on any atom is 0.0615 e. The van der Waals surface area contributed by atoms with Crippen LogP contribution in [0.5, 0.6) is 0 Å². The van der Waals surface area contributed by atoms with E-state index < -0.39 is 0 Å². The molecule has 0 fully saturated rings. The molecule has 0 aliphatic rings. The zero-order chi connectivity index (χ0) is 10.1. The van der Waals surface area contributed by atoms with E-state index in [1.807, 2.05) is 0 Å². The molecule has 0 heterocycles. The number of likely N-dealkylation sites (N-methyl/N-ethyl adjacent to an activating group) is 1. The zero-order valence-corrected chi connectivity index (χ0v) is 9.81. The lowest BCUT2D eigenvalue weighted by Gasteiger charge is -2.27. The summed E-state index contributed by atoms with van der Waals surface area (Å²) in [7, 11) is 1.75. The van der Waals surface area contributed by atoms with E-state index in [9.17, 15) is 0 Å². The second-order valence-electron chi connectivity index (χ2n) is 3.33. The molecule has 0 saturated heterocycles. The van der Waals surface area contributed by atoms with Crippen molar-refractivity contribution in [2.24, 2.45) is 0 Å². The first-order valence-corrected chi connectivity index (χ1v) is 5.58. The maximum atomic E-state index is 5.63. The Kier molecular flexibility index (Phi) is 8.93. The van der Waals surface area contributed by atoms with E-state index >= 15 is 0 Å². The molecule has 0 aromatic heterocycles. The Balaban J connectivity index is 3.60. The van der Waals surface area contributed by atoms with Gasteiger partial charge in [-0.1, -0.05) is 6.92 Å². The molecule has 0 amide bonds. The van der Waals surface area contributed by atoms with Gasteiger partial charge in [0.2, 0.25) is 0 Å². The summed E-state index contributed by atoms with van der Waals surface area (Å²) in [5.41, 5.74) is 0. The van der Waals surface area contributed by atoms with Crippen molar-refractivity contribution in [2.75, 3.05) is 32.7 Å². The predicted octanol–water partition coefficient (Wildman–Crippen LogP) is 2.36. The van der Waals surface area contributed by atoms with Gasteiger partial charge in [-0.15, -0.1) is 11.6 Å². The first kappa shape index (κ1) is 13.2. The third kappa shape index (κ3) is 6.30. The summed E-state index contributed by atoms with van der Waals surface area (Å²) in [6.45, 7) is 7.43. The van der Waals surface area contributed by atoms with Gasteiger partial charge in [-0.2, -0.15) is 0 Å². The number of methoxy groups -OCH3 is 1. The van der Waals surface area contributed by atoms with Crippen LogP contribution in [-0.2, 0) is 4.74 Å². The van der Waals surface area contributed by atoms with Crippen molar-refractivity contribution in [3.63, 3.8) is 0 Å². The number of unbranched alkanes of at least 4 members (excludes halogenated alkanes) is 1. The van der Waals surface area contributed by atoms with Gasteiger partial charge in [0, 0.05) is 19.0 Å². The van der Waals surface area contributed by atoms with Crippen molar-refractivity contribution in [3.8, 4) is 0 Å². The van der Waals surface area contributed by atoms with E-state index in [-0.39, 0.29) is 0 Å². The summed E-state index contributed by atoms with van der Waals surface area (Å²) < 4.78 is 5.12. The molecule has 0 aliphatic heterocycles. The summed E-state index contributed by atoms with van der Waals surface area (Å²) in [4.78, 5) is 2.43. The monoisotopic (exact) mass is 207 g/mol. The van der Waals surface area contributed by atoms with Crippen LogP contribution in [-0.4, -0.2) is 43.6 Å². The molecule has 0 aromatic rings. The number of alkyl halides is 1. The minimum Gasteiger partial charge on any atom is -0.383 e. The van der Waals surface area contributed by atoms with Crippen LogP contribution >= 0.6 is 11.6 Å². The van der Waals surface area contributed by atoms with Gasteiger partial charge < -0.3 is 4.74 Å². The number of rotatable bonds is 8. The van der Waals surface area contributed by atoms with Crippen molar-refractivity contribution in [1.82, 2.24) is 4.90 Å². The first-order chi connectivity index (χ1) is 6.26.